The van der Waals surface area contributed by atoms with Gasteiger partial charge >= 0.3 is 0 Å². The van der Waals surface area contributed by atoms with Crippen molar-refractivity contribution in [3.05, 3.63) is 45.5 Å². The minimum atomic E-state index is 0.448. The minimum Gasteiger partial charge on any atom is -0.339 e. The van der Waals surface area contributed by atoms with E-state index < -0.39 is 0 Å². The second kappa shape index (κ2) is 7.07. The zero-order valence-corrected chi connectivity index (χ0v) is 12.8. The number of aromatic nitrogens is 2. The van der Waals surface area contributed by atoms with E-state index in [2.05, 4.69) is 17.1 Å². The summed E-state index contributed by atoms with van der Waals surface area (Å²) in [5.74, 6) is 1.67. The molecule has 0 bridgehead atoms. The lowest BCUT2D eigenvalue weighted by atomic mass is 10.1. The van der Waals surface area contributed by atoms with Gasteiger partial charge in [-0.1, -0.05) is 41.3 Å². The van der Waals surface area contributed by atoms with E-state index in [0.29, 0.717) is 40.6 Å². The summed E-state index contributed by atoms with van der Waals surface area (Å²) < 4.78 is 5.22. The first-order chi connectivity index (χ1) is 9.60. The molecule has 2 rings (SSSR count). The molecule has 0 fully saturated rings. The van der Waals surface area contributed by atoms with E-state index in [9.17, 15) is 0 Å². The van der Waals surface area contributed by atoms with E-state index >= 15 is 0 Å². The van der Waals surface area contributed by atoms with Crippen LogP contribution in [0.1, 0.15) is 30.6 Å². The molecular formula is C14H17Cl2N3O. The van der Waals surface area contributed by atoms with Gasteiger partial charge in [-0.2, -0.15) is 4.98 Å². The maximum Gasteiger partial charge on any atom is 0.226 e. The molecule has 1 aromatic heterocycles. The first-order valence-electron chi connectivity index (χ1n) is 6.54. The van der Waals surface area contributed by atoms with Gasteiger partial charge in [0.25, 0.3) is 0 Å². The second-order valence-corrected chi connectivity index (χ2v) is 5.68. The van der Waals surface area contributed by atoms with Gasteiger partial charge in [0.05, 0.1) is 0 Å². The van der Waals surface area contributed by atoms with Crippen LogP contribution in [-0.2, 0) is 12.8 Å². The molecule has 1 aromatic carbocycles. The Morgan fingerprint density at radius 3 is 2.65 bits per heavy atom. The number of halogens is 2. The van der Waals surface area contributed by atoms with Gasteiger partial charge < -0.3 is 10.3 Å². The van der Waals surface area contributed by atoms with Gasteiger partial charge in [-0.05, 0) is 36.6 Å². The van der Waals surface area contributed by atoms with Crippen LogP contribution in [0.2, 0.25) is 10.0 Å². The van der Waals surface area contributed by atoms with Crippen LogP contribution in [-0.4, -0.2) is 16.7 Å². The third-order valence-electron chi connectivity index (χ3n) is 3.16. The van der Waals surface area contributed by atoms with Crippen molar-refractivity contribution in [1.29, 1.82) is 0 Å². The number of nitrogens with zero attached hydrogens (tertiary/aromatic N) is 2. The number of benzene rings is 1. The first kappa shape index (κ1) is 15.3. The molecule has 0 saturated carbocycles. The molecule has 0 spiro atoms. The average molecular weight is 314 g/mol. The summed E-state index contributed by atoms with van der Waals surface area (Å²) in [6.45, 7) is 2.76. The summed E-state index contributed by atoms with van der Waals surface area (Å²) in [7, 11) is 0. The van der Waals surface area contributed by atoms with Crippen LogP contribution in [0.25, 0.3) is 0 Å². The number of aryl methyl sites for hydroxylation is 1. The van der Waals surface area contributed by atoms with E-state index in [1.54, 1.807) is 12.1 Å². The largest absolute Gasteiger partial charge is 0.339 e. The number of hydrogen-bond donors (Lipinski definition) is 1. The summed E-state index contributed by atoms with van der Waals surface area (Å²) in [6, 6.07) is 5.41. The van der Waals surface area contributed by atoms with E-state index in [1.807, 2.05) is 6.07 Å². The van der Waals surface area contributed by atoms with Crippen molar-refractivity contribution in [2.75, 3.05) is 6.54 Å². The van der Waals surface area contributed by atoms with Gasteiger partial charge in [0.2, 0.25) is 5.89 Å². The van der Waals surface area contributed by atoms with Crippen molar-refractivity contribution in [2.45, 2.75) is 26.2 Å². The SMILES string of the molecule is CC(CN)CCc1nc(Cc2c(Cl)cccc2Cl)no1. The highest BCUT2D eigenvalue weighted by Crippen LogP contribution is 2.26. The normalized spacial score (nSPS) is 12.6. The first-order valence-corrected chi connectivity index (χ1v) is 7.30. The van der Waals surface area contributed by atoms with Crippen molar-refractivity contribution in [3.63, 3.8) is 0 Å². The van der Waals surface area contributed by atoms with Crippen molar-refractivity contribution >= 4 is 23.2 Å². The Balaban J connectivity index is 2.02. The topological polar surface area (TPSA) is 64.9 Å². The molecule has 2 N–H and O–H groups in total. The Morgan fingerprint density at radius 2 is 2.00 bits per heavy atom. The highest BCUT2D eigenvalue weighted by Gasteiger charge is 2.12. The lowest BCUT2D eigenvalue weighted by Crippen LogP contribution is -2.11. The fraction of sp³-hybridized carbons (Fsp3) is 0.429. The molecule has 0 saturated heterocycles. The third kappa shape index (κ3) is 3.95. The molecule has 1 atom stereocenters. The molecule has 1 unspecified atom stereocenters. The van der Waals surface area contributed by atoms with Crippen LogP contribution in [0.4, 0.5) is 0 Å². The zero-order valence-electron chi connectivity index (χ0n) is 11.3. The molecule has 0 aliphatic carbocycles. The van der Waals surface area contributed by atoms with Gasteiger partial charge in [-0.25, -0.2) is 0 Å². The Morgan fingerprint density at radius 1 is 1.30 bits per heavy atom. The molecular weight excluding hydrogens is 297 g/mol. The summed E-state index contributed by atoms with van der Waals surface area (Å²) in [5.41, 5.74) is 6.40. The third-order valence-corrected chi connectivity index (χ3v) is 3.87. The van der Waals surface area contributed by atoms with E-state index in [1.165, 1.54) is 0 Å². The number of hydrogen-bond acceptors (Lipinski definition) is 4. The molecule has 0 aliphatic rings. The number of nitrogens with two attached hydrogens (primary N) is 1. The molecule has 6 heteroatoms. The second-order valence-electron chi connectivity index (χ2n) is 4.86. The Bertz CT molecular complexity index is 551. The van der Waals surface area contributed by atoms with Crippen LogP contribution in [0, 0.1) is 5.92 Å². The Hall–Kier alpha value is -1.10. The van der Waals surface area contributed by atoms with Crippen LogP contribution in [0.15, 0.2) is 22.7 Å². The molecule has 108 valence electrons. The molecule has 20 heavy (non-hydrogen) atoms. The maximum absolute atomic E-state index is 6.12. The molecule has 1 heterocycles. The minimum absolute atomic E-state index is 0.448. The standard InChI is InChI=1S/C14H17Cl2N3O/c1-9(8-17)5-6-14-18-13(19-20-14)7-10-11(15)3-2-4-12(10)16/h2-4,9H,5-8,17H2,1H3. The van der Waals surface area contributed by atoms with Gasteiger partial charge in [-0.15, -0.1) is 0 Å². The molecule has 0 aliphatic heterocycles. The van der Waals surface area contributed by atoms with Crippen LogP contribution in [0.3, 0.4) is 0 Å². The lowest BCUT2D eigenvalue weighted by Gasteiger charge is -2.04. The molecule has 4 nitrogen and oxygen atoms in total. The Kier molecular flexibility index (Phi) is 5.40. The van der Waals surface area contributed by atoms with Crippen molar-refractivity contribution in [2.24, 2.45) is 11.7 Å². The predicted molar refractivity (Wildman–Crippen MR) is 80.1 cm³/mol. The highest BCUT2D eigenvalue weighted by atomic mass is 35.5. The van der Waals surface area contributed by atoms with Gasteiger partial charge in [0.1, 0.15) is 0 Å². The van der Waals surface area contributed by atoms with Crippen LogP contribution < -0.4 is 5.73 Å². The zero-order chi connectivity index (χ0) is 14.5. The molecule has 0 radical (unpaired) electrons. The van der Waals surface area contributed by atoms with E-state index in [0.717, 1.165) is 18.4 Å². The quantitative estimate of drug-likeness (QED) is 0.886. The van der Waals surface area contributed by atoms with E-state index in [4.69, 9.17) is 33.5 Å². The van der Waals surface area contributed by atoms with Gasteiger partial charge in [0, 0.05) is 22.9 Å². The van der Waals surface area contributed by atoms with Crippen molar-refractivity contribution in [3.8, 4) is 0 Å². The average Bonchev–Trinajstić information content (AvgIpc) is 2.88. The monoisotopic (exact) mass is 313 g/mol. The van der Waals surface area contributed by atoms with Crippen LogP contribution >= 0.6 is 23.2 Å². The summed E-state index contributed by atoms with van der Waals surface area (Å²) in [5, 5.41) is 5.19. The lowest BCUT2D eigenvalue weighted by molar-refractivity contribution is 0.362. The van der Waals surface area contributed by atoms with E-state index in [-0.39, 0.29) is 0 Å². The maximum atomic E-state index is 6.12. The fourth-order valence-corrected chi connectivity index (χ4v) is 2.34. The fourth-order valence-electron chi connectivity index (χ4n) is 1.81. The molecule has 0 amide bonds. The van der Waals surface area contributed by atoms with Gasteiger partial charge in [-0.3, -0.25) is 0 Å². The highest BCUT2D eigenvalue weighted by molar-refractivity contribution is 6.36. The predicted octanol–water partition coefficient (Wildman–Crippen LogP) is 3.49. The van der Waals surface area contributed by atoms with Crippen molar-refractivity contribution in [1.82, 2.24) is 10.1 Å². The number of rotatable bonds is 6. The van der Waals surface area contributed by atoms with Crippen molar-refractivity contribution < 1.29 is 4.52 Å². The smallest absolute Gasteiger partial charge is 0.226 e. The van der Waals surface area contributed by atoms with Crippen LogP contribution in [0.5, 0.6) is 0 Å². The summed E-state index contributed by atoms with van der Waals surface area (Å²) in [4.78, 5) is 4.36. The molecule has 2 aromatic rings. The van der Waals surface area contributed by atoms with Gasteiger partial charge in [0.15, 0.2) is 5.82 Å². The Labute approximate surface area is 128 Å². The summed E-state index contributed by atoms with van der Waals surface area (Å²) in [6.07, 6.45) is 2.14. The summed E-state index contributed by atoms with van der Waals surface area (Å²) >= 11 is 12.2.